The van der Waals surface area contributed by atoms with Crippen LogP contribution in [0.5, 0.6) is 0 Å². The first-order valence-electron chi connectivity index (χ1n) is 9.17. The largest absolute Gasteiger partial charge is 0.298 e. The molecule has 0 spiro atoms. The lowest BCUT2D eigenvalue weighted by Gasteiger charge is -2.09. The number of amides is 1. The van der Waals surface area contributed by atoms with Crippen LogP contribution in [0.15, 0.2) is 73.1 Å². The number of benzene rings is 2. The van der Waals surface area contributed by atoms with Crippen molar-refractivity contribution in [1.82, 2.24) is 15.0 Å². The molecule has 0 aliphatic heterocycles. The van der Waals surface area contributed by atoms with E-state index in [1.165, 1.54) is 11.3 Å². The van der Waals surface area contributed by atoms with Gasteiger partial charge in [0, 0.05) is 23.3 Å². The molecule has 6 heteroatoms. The number of hydrogen-bond acceptors (Lipinski definition) is 5. The molecule has 0 radical (unpaired) electrons. The number of aromatic nitrogens is 3. The van der Waals surface area contributed by atoms with Crippen LogP contribution in [0, 0.1) is 6.92 Å². The number of nitrogens with one attached hydrogen (secondary N) is 1. The van der Waals surface area contributed by atoms with Crippen molar-refractivity contribution in [2.75, 3.05) is 5.32 Å². The average Bonchev–Trinajstić information content (AvgIpc) is 3.17. The Labute approximate surface area is 171 Å². The minimum absolute atomic E-state index is 0.203. The second-order valence-corrected chi connectivity index (χ2v) is 7.74. The Morgan fingerprint density at radius 3 is 2.72 bits per heavy atom. The highest BCUT2D eigenvalue weighted by Crippen LogP contribution is 2.29. The maximum Gasteiger partial charge on any atom is 0.258 e. The number of fused-ring (bicyclic) bond motifs is 2. The van der Waals surface area contributed by atoms with E-state index in [4.69, 9.17) is 4.98 Å². The Kier molecular flexibility index (Phi) is 4.26. The van der Waals surface area contributed by atoms with Crippen molar-refractivity contribution >= 4 is 43.5 Å². The van der Waals surface area contributed by atoms with Crippen LogP contribution in [0.4, 0.5) is 5.13 Å². The summed E-state index contributed by atoms with van der Waals surface area (Å²) in [5.74, 6) is -0.203. The SMILES string of the molecule is Cc1cccc2sc(NC(=O)c3cc(-c4cccnc4)nc4ccccc34)nc12. The molecule has 5 nitrogen and oxygen atoms in total. The second kappa shape index (κ2) is 7.07. The Morgan fingerprint density at radius 2 is 1.90 bits per heavy atom. The fourth-order valence-corrected chi connectivity index (χ4v) is 4.27. The Morgan fingerprint density at radius 1 is 1.00 bits per heavy atom. The van der Waals surface area contributed by atoms with Crippen molar-refractivity contribution < 1.29 is 4.79 Å². The maximum atomic E-state index is 13.2. The van der Waals surface area contributed by atoms with Crippen molar-refractivity contribution in [3.05, 3.63) is 84.2 Å². The van der Waals surface area contributed by atoms with Gasteiger partial charge in [-0.15, -0.1) is 0 Å². The minimum atomic E-state index is -0.203. The first kappa shape index (κ1) is 17.5. The number of para-hydroxylation sites is 2. The highest BCUT2D eigenvalue weighted by molar-refractivity contribution is 7.22. The van der Waals surface area contributed by atoms with E-state index in [0.29, 0.717) is 16.4 Å². The number of nitrogens with zero attached hydrogens (tertiary/aromatic N) is 3. The summed E-state index contributed by atoms with van der Waals surface area (Å²) in [6.45, 7) is 2.02. The number of aryl methyl sites for hydroxylation is 1. The quantitative estimate of drug-likeness (QED) is 0.439. The smallest absolute Gasteiger partial charge is 0.258 e. The molecule has 2 aromatic carbocycles. The molecule has 1 amide bonds. The molecule has 0 saturated heterocycles. The first-order chi connectivity index (χ1) is 14.2. The van der Waals surface area contributed by atoms with E-state index < -0.39 is 0 Å². The van der Waals surface area contributed by atoms with Crippen molar-refractivity contribution in [2.45, 2.75) is 6.92 Å². The summed E-state index contributed by atoms with van der Waals surface area (Å²) in [5, 5.41) is 4.36. The monoisotopic (exact) mass is 396 g/mol. The molecule has 5 aromatic rings. The van der Waals surface area contributed by atoms with Gasteiger partial charge in [0.05, 0.1) is 27.0 Å². The molecule has 3 heterocycles. The van der Waals surface area contributed by atoms with E-state index in [0.717, 1.165) is 32.2 Å². The molecule has 0 saturated carbocycles. The van der Waals surface area contributed by atoms with E-state index >= 15 is 0 Å². The number of anilines is 1. The first-order valence-corrected chi connectivity index (χ1v) is 9.98. The Hall–Kier alpha value is -3.64. The van der Waals surface area contributed by atoms with E-state index in [1.54, 1.807) is 12.4 Å². The Balaban J connectivity index is 1.59. The summed E-state index contributed by atoms with van der Waals surface area (Å²) in [7, 11) is 0. The molecule has 29 heavy (non-hydrogen) atoms. The average molecular weight is 396 g/mol. The summed E-state index contributed by atoms with van der Waals surface area (Å²) in [5.41, 5.74) is 4.91. The molecule has 0 aliphatic carbocycles. The molecule has 1 N–H and O–H groups in total. The number of pyridine rings is 2. The van der Waals surface area contributed by atoms with Crippen LogP contribution in [0.3, 0.4) is 0 Å². The van der Waals surface area contributed by atoms with Gasteiger partial charge in [-0.05, 0) is 42.8 Å². The van der Waals surface area contributed by atoms with Gasteiger partial charge >= 0.3 is 0 Å². The van der Waals surface area contributed by atoms with Gasteiger partial charge in [0.1, 0.15) is 0 Å². The lowest BCUT2D eigenvalue weighted by Crippen LogP contribution is -2.13. The summed E-state index contributed by atoms with van der Waals surface area (Å²) >= 11 is 1.47. The van der Waals surface area contributed by atoms with E-state index in [1.807, 2.05) is 67.6 Å². The number of hydrogen-bond donors (Lipinski definition) is 1. The normalized spacial score (nSPS) is 11.1. The summed E-state index contributed by atoms with van der Waals surface area (Å²) < 4.78 is 1.05. The number of carbonyl (C=O) groups excluding carboxylic acids is 1. The van der Waals surface area contributed by atoms with Gasteiger partial charge in [-0.25, -0.2) is 9.97 Å². The van der Waals surface area contributed by atoms with E-state index in [2.05, 4.69) is 15.3 Å². The van der Waals surface area contributed by atoms with Crippen LogP contribution in [-0.4, -0.2) is 20.9 Å². The van der Waals surface area contributed by atoms with Crippen LogP contribution >= 0.6 is 11.3 Å². The molecule has 5 rings (SSSR count). The van der Waals surface area contributed by atoms with Gasteiger partial charge in [-0.3, -0.25) is 15.1 Å². The van der Waals surface area contributed by atoms with Crippen molar-refractivity contribution in [3.63, 3.8) is 0 Å². The molecular formula is C23H16N4OS. The number of carbonyl (C=O) groups is 1. The molecule has 0 atom stereocenters. The van der Waals surface area contributed by atoms with Gasteiger partial charge < -0.3 is 0 Å². The molecule has 0 unspecified atom stereocenters. The second-order valence-electron chi connectivity index (χ2n) is 6.71. The zero-order chi connectivity index (χ0) is 19.8. The number of thiazole rings is 1. The summed E-state index contributed by atoms with van der Waals surface area (Å²) in [6, 6.07) is 19.3. The predicted octanol–water partition coefficient (Wildman–Crippen LogP) is 5.47. The third-order valence-corrected chi connectivity index (χ3v) is 5.70. The third kappa shape index (κ3) is 3.23. The van der Waals surface area contributed by atoms with Crippen LogP contribution < -0.4 is 5.32 Å². The minimum Gasteiger partial charge on any atom is -0.298 e. The number of rotatable bonds is 3. The molecule has 3 aromatic heterocycles. The van der Waals surface area contributed by atoms with Gasteiger partial charge in [-0.1, -0.05) is 41.7 Å². The fourth-order valence-electron chi connectivity index (χ4n) is 3.33. The van der Waals surface area contributed by atoms with Gasteiger partial charge in [0.25, 0.3) is 5.91 Å². The molecule has 0 aliphatic rings. The van der Waals surface area contributed by atoms with Crippen LogP contribution in [0.1, 0.15) is 15.9 Å². The highest BCUT2D eigenvalue weighted by atomic mass is 32.1. The lowest BCUT2D eigenvalue weighted by molar-refractivity contribution is 0.102. The molecular weight excluding hydrogens is 380 g/mol. The van der Waals surface area contributed by atoms with Gasteiger partial charge in [0.2, 0.25) is 0 Å². The van der Waals surface area contributed by atoms with Crippen molar-refractivity contribution in [1.29, 1.82) is 0 Å². The molecule has 0 fully saturated rings. The van der Waals surface area contributed by atoms with Gasteiger partial charge in [0.15, 0.2) is 5.13 Å². The van der Waals surface area contributed by atoms with E-state index in [-0.39, 0.29) is 5.91 Å². The third-order valence-electron chi connectivity index (χ3n) is 4.76. The zero-order valence-corrected chi connectivity index (χ0v) is 16.4. The topological polar surface area (TPSA) is 67.8 Å². The zero-order valence-electron chi connectivity index (χ0n) is 15.6. The van der Waals surface area contributed by atoms with Crippen molar-refractivity contribution in [3.8, 4) is 11.3 Å². The summed E-state index contributed by atoms with van der Waals surface area (Å²) in [4.78, 5) is 26.7. The Bertz CT molecular complexity index is 1360. The fraction of sp³-hybridized carbons (Fsp3) is 0.0435. The summed E-state index contributed by atoms with van der Waals surface area (Å²) in [6.07, 6.45) is 3.46. The van der Waals surface area contributed by atoms with Crippen molar-refractivity contribution in [2.24, 2.45) is 0 Å². The van der Waals surface area contributed by atoms with Crippen LogP contribution in [0.2, 0.25) is 0 Å². The van der Waals surface area contributed by atoms with Gasteiger partial charge in [-0.2, -0.15) is 0 Å². The standard InChI is InChI=1S/C23H16N4OS/c1-14-6-4-10-20-21(14)26-23(29-20)27-22(28)17-12-19(15-7-5-11-24-13-15)25-18-9-3-2-8-16(17)18/h2-13H,1H3,(H,26,27,28). The predicted molar refractivity (Wildman–Crippen MR) is 117 cm³/mol. The van der Waals surface area contributed by atoms with Crippen LogP contribution in [0.25, 0.3) is 32.4 Å². The molecule has 140 valence electrons. The molecule has 0 bridgehead atoms. The van der Waals surface area contributed by atoms with Crippen LogP contribution in [-0.2, 0) is 0 Å². The van der Waals surface area contributed by atoms with E-state index in [9.17, 15) is 4.79 Å². The highest BCUT2D eigenvalue weighted by Gasteiger charge is 2.16. The lowest BCUT2D eigenvalue weighted by atomic mass is 10.0. The maximum absolute atomic E-state index is 13.2.